The number of hydrogen-bond acceptors (Lipinski definition) is 5. The van der Waals surface area contributed by atoms with Gasteiger partial charge in [0.1, 0.15) is 6.11 Å². The fourth-order valence-electron chi connectivity index (χ4n) is 1.19. The van der Waals surface area contributed by atoms with Crippen molar-refractivity contribution < 1.29 is 24.1 Å². The zero-order valence-corrected chi connectivity index (χ0v) is 8.79. The first-order valence-corrected chi connectivity index (χ1v) is 4.35. The molecule has 5 heteroatoms. The zero-order valence-electron chi connectivity index (χ0n) is 8.79. The van der Waals surface area contributed by atoms with Crippen molar-refractivity contribution in [3.05, 3.63) is 11.5 Å². The number of rotatable bonds is 3. The fourth-order valence-corrected chi connectivity index (χ4v) is 1.19. The molecule has 0 heterocycles. The number of aliphatic hydroxyl groups is 1. The van der Waals surface area contributed by atoms with Gasteiger partial charge in [0.05, 0.1) is 20.8 Å². The molecule has 82 valence electrons. The lowest BCUT2D eigenvalue weighted by Gasteiger charge is -2.32. The van der Waals surface area contributed by atoms with Crippen molar-refractivity contribution in [1.29, 1.82) is 0 Å². The van der Waals surface area contributed by atoms with Crippen molar-refractivity contribution in [3.63, 3.8) is 0 Å². The topological polar surface area (TPSA) is 65.0 Å². The molecule has 1 aliphatic carbocycles. The molecule has 0 radical (unpaired) electrons. The predicted octanol–water partition coefficient (Wildman–Crippen LogP) is -0.198. The lowest BCUT2D eigenvalue weighted by Crippen LogP contribution is -2.51. The summed E-state index contributed by atoms with van der Waals surface area (Å²) in [7, 11) is 2.65. The molecular weight excluding hydrogens is 200 g/mol. The van der Waals surface area contributed by atoms with E-state index in [1.165, 1.54) is 14.2 Å². The van der Waals surface area contributed by atoms with E-state index in [1.54, 1.807) is 6.92 Å². The average Bonchev–Trinajstić information content (AvgIpc) is 2.24. The Morgan fingerprint density at radius 2 is 2.07 bits per heavy atom. The van der Waals surface area contributed by atoms with Crippen LogP contribution in [0.4, 0.5) is 0 Å². The summed E-state index contributed by atoms with van der Waals surface area (Å²) in [5, 5.41) is 9.80. The van der Waals surface area contributed by atoms with Crippen LogP contribution in [0.5, 0.6) is 0 Å². The van der Waals surface area contributed by atoms with Crippen LogP contribution in [0.25, 0.3) is 0 Å². The Hall–Kier alpha value is -1.67. The summed E-state index contributed by atoms with van der Waals surface area (Å²) in [6.45, 7) is 2.12. The number of ketones is 1. The molecule has 0 aromatic heterocycles. The molecule has 0 saturated carbocycles. The Balaban J connectivity index is 2.95. The van der Waals surface area contributed by atoms with E-state index in [-0.39, 0.29) is 11.5 Å². The molecule has 1 unspecified atom stereocenters. The molecule has 15 heavy (non-hydrogen) atoms. The van der Waals surface area contributed by atoms with Gasteiger partial charge in [0.25, 0.3) is 11.4 Å². The lowest BCUT2D eigenvalue weighted by molar-refractivity contribution is -0.138. The molecule has 0 saturated heterocycles. The number of hydrogen-bond donors (Lipinski definition) is 1. The number of carbonyl (C=O) groups is 1. The first kappa shape index (κ1) is 11.4. The van der Waals surface area contributed by atoms with Gasteiger partial charge in [-0.15, -0.1) is 0 Å². The Bertz CT molecular complexity index is 360. The van der Waals surface area contributed by atoms with E-state index >= 15 is 0 Å². The van der Waals surface area contributed by atoms with Crippen LogP contribution in [0.1, 0.15) is 6.92 Å². The van der Waals surface area contributed by atoms with Crippen LogP contribution in [0.15, 0.2) is 11.5 Å². The van der Waals surface area contributed by atoms with Gasteiger partial charge in [-0.1, -0.05) is 0 Å². The molecule has 1 atom stereocenters. The third-order valence-electron chi connectivity index (χ3n) is 1.93. The summed E-state index contributed by atoms with van der Waals surface area (Å²) in [5.41, 5.74) is -1.92. The van der Waals surface area contributed by atoms with Gasteiger partial charge in [-0.2, -0.15) is 0 Å². The zero-order chi connectivity index (χ0) is 11.5. The Morgan fingerprint density at radius 1 is 1.40 bits per heavy atom. The van der Waals surface area contributed by atoms with Gasteiger partial charge >= 0.3 is 0 Å². The Labute approximate surface area is 87.6 Å². The highest BCUT2D eigenvalue weighted by atomic mass is 16.5. The maximum atomic E-state index is 11.4. The Kier molecular flexibility index (Phi) is 3.22. The second kappa shape index (κ2) is 4.24. The molecule has 5 nitrogen and oxygen atoms in total. The van der Waals surface area contributed by atoms with Crippen LogP contribution in [0.2, 0.25) is 0 Å². The summed E-state index contributed by atoms with van der Waals surface area (Å²) in [4.78, 5) is 11.4. The summed E-state index contributed by atoms with van der Waals surface area (Å²) >= 11 is 0. The average molecular weight is 212 g/mol. The second-order valence-corrected chi connectivity index (χ2v) is 2.77. The highest BCUT2D eigenvalue weighted by Crippen LogP contribution is 2.35. The minimum atomic E-state index is -1.92. The van der Waals surface area contributed by atoms with Crippen LogP contribution in [-0.2, 0) is 19.0 Å². The largest absolute Gasteiger partial charge is 0.493 e. The third kappa shape index (κ3) is 1.64. The smallest absolute Gasteiger partial charge is 0.257 e. The molecule has 0 spiro atoms. The van der Waals surface area contributed by atoms with Crippen molar-refractivity contribution in [3.8, 4) is 12.0 Å². The minimum Gasteiger partial charge on any atom is -0.493 e. The quantitative estimate of drug-likeness (QED) is 0.656. The van der Waals surface area contributed by atoms with Crippen LogP contribution in [0.3, 0.4) is 0 Å². The number of ether oxygens (including phenoxy) is 3. The highest BCUT2D eigenvalue weighted by molar-refractivity contribution is 6.12. The van der Waals surface area contributed by atoms with Gasteiger partial charge in [-0.05, 0) is 12.8 Å². The molecule has 1 aliphatic rings. The van der Waals surface area contributed by atoms with Gasteiger partial charge in [-0.25, -0.2) is 0 Å². The first-order chi connectivity index (χ1) is 7.11. The maximum Gasteiger partial charge on any atom is 0.257 e. The van der Waals surface area contributed by atoms with Crippen molar-refractivity contribution in [2.45, 2.75) is 12.5 Å². The van der Waals surface area contributed by atoms with Crippen LogP contribution >= 0.6 is 0 Å². The van der Waals surface area contributed by atoms with Crippen molar-refractivity contribution in [1.82, 2.24) is 0 Å². The molecule has 0 bridgehead atoms. The van der Waals surface area contributed by atoms with Crippen molar-refractivity contribution in [2.75, 3.05) is 20.8 Å². The van der Waals surface area contributed by atoms with Gasteiger partial charge in [0.2, 0.25) is 5.76 Å². The molecule has 0 aromatic rings. The van der Waals surface area contributed by atoms with Crippen molar-refractivity contribution in [2.24, 2.45) is 0 Å². The summed E-state index contributed by atoms with van der Waals surface area (Å²) in [5.74, 6) is 1.67. The monoisotopic (exact) mass is 212 g/mol. The van der Waals surface area contributed by atoms with Gasteiger partial charge in [0, 0.05) is 0 Å². The Morgan fingerprint density at radius 3 is 2.53 bits per heavy atom. The molecule has 0 amide bonds. The van der Waals surface area contributed by atoms with Gasteiger partial charge < -0.3 is 19.3 Å². The molecular formula is C10H12O5. The SMILES string of the molecule is CCOC#CC1(O)C(=O)C(OC)=C1OC. The fraction of sp³-hybridized carbons (Fsp3) is 0.500. The van der Waals surface area contributed by atoms with E-state index in [0.29, 0.717) is 6.61 Å². The molecule has 0 aromatic carbocycles. The maximum absolute atomic E-state index is 11.4. The minimum absolute atomic E-state index is 0.00852. The van der Waals surface area contributed by atoms with E-state index in [0.717, 1.165) is 0 Å². The van der Waals surface area contributed by atoms with E-state index in [1.807, 2.05) is 0 Å². The third-order valence-corrected chi connectivity index (χ3v) is 1.93. The van der Waals surface area contributed by atoms with Crippen LogP contribution < -0.4 is 0 Å². The van der Waals surface area contributed by atoms with Crippen LogP contribution in [0, 0.1) is 12.0 Å². The van der Waals surface area contributed by atoms with E-state index in [4.69, 9.17) is 14.2 Å². The number of Topliss-reactive ketones (excluding diaryl/α,β-unsaturated/α-hetero) is 1. The van der Waals surface area contributed by atoms with E-state index in [9.17, 15) is 9.90 Å². The van der Waals surface area contributed by atoms with Crippen LogP contribution in [-0.4, -0.2) is 37.3 Å². The van der Waals surface area contributed by atoms with Gasteiger partial charge in [-0.3, -0.25) is 4.79 Å². The highest BCUT2D eigenvalue weighted by Gasteiger charge is 2.56. The summed E-state index contributed by atoms with van der Waals surface area (Å²) in [6.07, 6.45) is 2.23. The second-order valence-electron chi connectivity index (χ2n) is 2.77. The predicted molar refractivity (Wildman–Crippen MR) is 50.4 cm³/mol. The summed E-state index contributed by atoms with van der Waals surface area (Å²) < 4.78 is 14.3. The van der Waals surface area contributed by atoms with Gasteiger partial charge in [0.15, 0.2) is 5.76 Å². The first-order valence-electron chi connectivity index (χ1n) is 4.35. The molecule has 1 rings (SSSR count). The standard InChI is InChI=1S/C10H12O5/c1-4-15-6-5-10(12)8(11)7(13-2)9(10)14-3/h12H,4H2,1-3H3. The van der Waals surface area contributed by atoms with E-state index in [2.05, 4.69) is 12.0 Å². The molecule has 0 fully saturated rings. The summed E-state index contributed by atoms with van der Waals surface area (Å²) in [6, 6.07) is 0. The number of methoxy groups -OCH3 is 2. The lowest BCUT2D eigenvalue weighted by atomic mass is 9.84. The van der Waals surface area contributed by atoms with Crippen molar-refractivity contribution >= 4 is 5.78 Å². The number of carbonyl (C=O) groups excluding carboxylic acids is 1. The van der Waals surface area contributed by atoms with E-state index < -0.39 is 11.4 Å². The normalized spacial score (nSPS) is 23.9. The molecule has 1 N–H and O–H groups in total. The molecule has 0 aliphatic heterocycles.